The number of rotatable bonds is 9. The van der Waals surface area contributed by atoms with E-state index in [-0.39, 0.29) is 12.3 Å². The molecular formula is C22H24N2O3S. The molecule has 3 rings (SSSR count). The number of benzene rings is 2. The fraction of sp³-hybridized carbons (Fsp3) is 0.273. The molecule has 0 saturated carbocycles. The van der Waals surface area contributed by atoms with Gasteiger partial charge in [-0.1, -0.05) is 36.4 Å². The predicted octanol–water partition coefficient (Wildman–Crippen LogP) is 3.80. The fourth-order valence-corrected chi connectivity index (χ4v) is 3.66. The highest BCUT2D eigenvalue weighted by Crippen LogP contribution is 2.27. The smallest absolute Gasteiger partial charge is 0.226 e. The van der Waals surface area contributed by atoms with Gasteiger partial charge in [-0.25, -0.2) is 4.98 Å². The van der Waals surface area contributed by atoms with Crippen molar-refractivity contribution in [2.24, 2.45) is 0 Å². The number of carbonyl (C=O) groups excluding carboxylic acids is 1. The minimum atomic E-state index is -0.0466. The van der Waals surface area contributed by atoms with E-state index in [4.69, 9.17) is 9.47 Å². The minimum absolute atomic E-state index is 0.0466. The van der Waals surface area contributed by atoms with E-state index in [0.717, 1.165) is 29.1 Å². The summed E-state index contributed by atoms with van der Waals surface area (Å²) in [6.45, 7) is 0.435. The van der Waals surface area contributed by atoms with Gasteiger partial charge in [-0.15, -0.1) is 11.3 Å². The molecule has 6 heteroatoms. The van der Waals surface area contributed by atoms with Gasteiger partial charge in [0.1, 0.15) is 0 Å². The highest BCUT2D eigenvalue weighted by atomic mass is 32.1. The van der Waals surface area contributed by atoms with Crippen LogP contribution in [0.1, 0.15) is 21.8 Å². The van der Waals surface area contributed by atoms with Crippen LogP contribution in [-0.4, -0.2) is 25.1 Å². The highest BCUT2D eigenvalue weighted by molar-refractivity contribution is 7.09. The number of nitrogens with one attached hydrogen (secondary N) is 1. The Morgan fingerprint density at radius 1 is 1.00 bits per heavy atom. The second-order valence-electron chi connectivity index (χ2n) is 6.36. The molecule has 1 amide bonds. The van der Waals surface area contributed by atoms with Crippen molar-refractivity contribution >= 4 is 17.2 Å². The van der Waals surface area contributed by atoms with Gasteiger partial charge in [-0.05, 0) is 29.7 Å². The van der Waals surface area contributed by atoms with Crippen LogP contribution in [-0.2, 0) is 30.6 Å². The molecule has 1 N–H and O–H groups in total. The topological polar surface area (TPSA) is 60.5 Å². The summed E-state index contributed by atoms with van der Waals surface area (Å²) in [4.78, 5) is 16.8. The molecule has 2 aromatic carbocycles. The van der Waals surface area contributed by atoms with Crippen LogP contribution < -0.4 is 14.8 Å². The van der Waals surface area contributed by atoms with E-state index in [2.05, 4.69) is 22.4 Å². The Morgan fingerprint density at radius 3 is 2.54 bits per heavy atom. The van der Waals surface area contributed by atoms with Crippen molar-refractivity contribution in [1.29, 1.82) is 0 Å². The van der Waals surface area contributed by atoms with Crippen molar-refractivity contribution < 1.29 is 14.3 Å². The summed E-state index contributed by atoms with van der Waals surface area (Å²) in [5, 5.41) is 5.96. The third-order valence-corrected chi connectivity index (χ3v) is 5.31. The molecule has 1 heterocycles. The molecule has 0 aliphatic rings. The molecule has 0 aliphatic heterocycles. The third-order valence-electron chi connectivity index (χ3n) is 4.35. The van der Waals surface area contributed by atoms with E-state index < -0.39 is 0 Å². The van der Waals surface area contributed by atoms with Crippen molar-refractivity contribution in [3.63, 3.8) is 0 Å². The number of nitrogens with zero attached hydrogens (tertiary/aromatic N) is 1. The van der Waals surface area contributed by atoms with Gasteiger partial charge >= 0.3 is 0 Å². The molecule has 5 nitrogen and oxygen atoms in total. The van der Waals surface area contributed by atoms with Crippen LogP contribution in [0.15, 0.2) is 53.9 Å². The fourth-order valence-electron chi connectivity index (χ4n) is 2.86. The maximum Gasteiger partial charge on any atom is 0.226 e. The number of hydrogen-bond donors (Lipinski definition) is 1. The van der Waals surface area contributed by atoms with Gasteiger partial charge in [0.25, 0.3) is 0 Å². The lowest BCUT2D eigenvalue weighted by Gasteiger charge is -2.10. The van der Waals surface area contributed by atoms with Gasteiger partial charge in [-0.3, -0.25) is 4.79 Å². The van der Waals surface area contributed by atoms with Gasteiger partial charge in [0, 0.05) is 18.3 Å². The number of aromatic nitrogens is 1. The van der Waals surface area contributed by atoms with Gasteiger partial charge in [0.2, 0.25) is 5.91 Å². The lowest BCUT2D eigenvalue weighted by molar-refractivity contribution is -0.120. The first-order valence-electron chi connectivity index (χ1n) is 9.12. The van der Waals surface area contributed by atoms with Gasteiger partial charge in [0.15, 0.2) is 11.5 Å². The van der Waals surface area contributed by atoms with E-state index in [0.29, 0.717) is 18.0 Å². The molecule has 0 radical (unpaired) electrons. The SMILES string of the molecule is COc1ccc(CNC(=O)Cc2csc(CCc3ccccc3)n2)cc1OC. The number of hydrogen-bond acceptors (Lipinski definition) is 5. The first-order chi connectivity index (χ1) is 13.7. The van der Waals surface area contributed by atoms with Gasteiger partial charge in [-0.2, -0.15) is 0 Å². The normalized spacial score (nSPS) is 10.5. The molecule has 0 atom stereocenters. The Morgan fingerprint density at radius 2 is 1.79 bits per heavy atom. The zero-order chi connectivity index (χ0) is 19.8. The average Bonchev–Trinajstić information content (AvgIpc) is 3.18. The lowest BCUT2D eigenvalue weighted by atomic mass is 10.1. The van der Waals surface area contributed by atoms with Crippen LogP contribution in [0.5, 0.6) is 11.5 Å². The second kappa shape index (κ2) is 9.90. The summed E-state index contributed by atoms with van der Waals surface area (Å²) < 4.78 is 10.5. The number of methoxy groups -OCH3 is 2. The predicted molar refractivity (Wildman–Crippen MR) is 111 cm³/mol. The van der Waals surface area contributed by atoms with Crippen molar-refractivity contribution in [3.05, 3.63) is 75.7 Å². The Labute approximate surface area is 169 Å². The standard InChI is InChI=1S/C22H24N2O3S/c1-26-19-10-8-17(12-20(19)27-2)14-23-21(25)13-18-15-28-22(24-18)11-9-16-6-4-3-5-7-16/h3-8,10,12,15H,9,11,13-14H2,1-2H3,(H,23,25). The van der Waals surface area contributed by atoms with Crippen molar-refractivity contribution in [3.8, 4) is 11.5 Å². The molecule has 0 unspecified atom stereocenters. The molecule has 28 heavy (non-hydrogen) atoms. The zero-order valence-electron chi connectivity index (χ0n) is 16.1. The van der Waals surface area contributed by atoms with E-state index >= 15 is 0 Å². The first kappa shape index (κ1) is 19.9. The highest BCUT2D eigenvalue weighted by Gasteiger charge is 2.09. The Hall–Kier alpha value is -2.86. The van der Waals surface area contributed by atoms with Crippen LogP contribution in [0.25, 0.3) is 0 Å². The van der Waals surface area contributed by atoms with E-state index in [1.807, 2.05) is 41.8 Å². The summed E-state index contributed by atoms with van der Waals surface area (Å²) >= 11 is 1.61. The summed E-state index contributed by atoms with van der Waals surface area (Å²) in [6.07, 6.45) is 2.14. The number of aryl methyl sites for hydroxylation is 2. The molecule has 0 saturated heterocycles. The van der Waals surface area contributed by atoms with E-state index in [1.54, 1.807) is 25.6 Å². The van der Waals surface area contributed by atoms with Crippen LogP contribution in [0.2, 0.25) is 0 Å². The molecule has 0 spiro atoms. The van der Waals surface area contributed by atoms with E-state index in [1.165, 1.54) is 5.56 Å². The maximum atomic E-state index is 12.2. The second-order valence-corrected chi connectivity index (χ2v) is 7.30. The molecule has 1 aromatic heterocycles. The minimum Gasteiger partial charge on any atom is -0.493 e. The Kier molecular flexibility index (Phi) is 7.03. The van der Waals surface area contributed by atoms with Crippen molar-refractivity contribution in [2.45, 2.75) is 25.8 Å². The van der Waals surface area contributed by atoms with E-state index in [9.17, 15) is 4.79 Å². The molecule has 146 valence electrons. The largest absolute Gasteiger partial charge is 0.493 e. The van der Waals surface area contributed by atoms with Gasteiger partial charge in [0.05, 0.1) is 31.3 Å². The van der Waals surface area contributed by atoms with Crippen LogP contribution in [0.3, 0.4) is 0 Å². The molecular weight excluding hydrogens is 372 g/mol. The van der Waals surface area contributed by atoms with Crippen molar-refractivity contribution in [2.75, 3.05) is 14.2 Å². The third kappa shape index (κ3) is 5.57. The van der Waals surface area contributed by atoms with Crippen LogP contribution in [0.4, 0.5) is 0 Å². The Bertz CT molecular complexity index is 909. The van der Waals surface area contributed by atoms with Gasteiger partial charge < -0.3 is 14.8 Å². The Balaban J connectivity index is 1.48. The number of ether oxygens (including phenoxy) is 2. The molecule has 3 aromatic rings. The molecule has 0 fully saturated rings. The summed E-state index contributed by atoms with van der Waals surface area (Å²) in [5.41, 5.74) is 3.07. The number of carbonyl (C=O) groups is 1. The van der Waals surface area contributed by atoms with Crippen molar-refractivity contribution in [1.82, 2.24) is 10.3 Å². The molecule has 0 aliphatic carbocycles. The zero-order valence-corrected chi connectivity index (χ0v) is 16.9. The lowest BCUT2D eigenvalue weighted by Crippen LogP contribution is -2.24. The summed E-state index contributed by atoms with van der Waals surface area (Å²) in [5.74, 6) is 1.27. The number of thiazole rings is 1. The molecule has 0 bridgehead atoms. The number of amides is 1. The quantitative estimate of drug-likeness (QED) is 0.598. The first-order valence-corrected chi connectivity index (χ1v) is 10.0. The van der Waals surface area contributed by atoms with Crippen LogP contribution in [0, 0.1) is 0 Å². The monoisotopic (exact) mass is 396 g/mol. The maximum absolute atomic E-state index is 12.2. The average molecular weight is 397 g/mol. The van der Waals surface area contributed by atoms with Crippen LogP contribution >= 0.6 is 11.3 Å². The summed E-state index contributed by atoms with van der Waals surface area (Å²) in [6, 6.07) is 16.0. The summed E-state index contributed by atoms with van der Waals surface area (Å²) in [7, 11) is 3.19.